The molecule has 0 saturated carbocycles. The summed E-state index contributed by atoms with van der Waals surface area (Å²) in [6.07, 6.45) is 0.347. The van der Waals surface area contributed by atoms with Crippen molar-refractivity contribution < 1.29 is 9.47 Å². The highest BCUT2D eigenvalue weighted by Crippen LogP contribution is 2.50. The standard InChI is InChI=1S/C12H13Cl3O2/c1-2-16-10-5-3-4-9(6-10)11(8-17-11)7-12(13,14)15/h3-6H,2,7-8H2,1H3. The van der Waals surface area contributed by atoms with Crippen molar-refractivity contribution in [3.63, 3.8) is 0 Å². The van der Waals surface area contributed by atoms with Crippen LogP contribution in [0, 0.1) is 0 Å². The van der Waals surface area contributed by atoms with Gasteiger partial charge in [-0.3, -0.25) is 0 Å². The Morgan fingerprint density at radius 2 is 2.12 bits per heavy atom. The van der Waals surface area contributed by atoms with Gasteiger partial charge in [0.15, 0.2) is 3.79 Å². The first kappa shape index (κ1) is 13.3. The number of halogens is 3. The fourth-order valence-electron chi connectivity index (χ4n) is 1.82. The van der Waals surface area contributed by atoms with Crippen molar-refractivity contribution in [1.82, 2.24) is 0 Å². The summed E-state index contributed by atoms with van der Waals surface area (Å²) in [4.78, 5) is 0. The summed E-state index contributed by atoms with van der Waals surface area (Å²) < 4.78 is 9.62. The van der Waals surface area contributed by atoms with Crippen LogP contribution < -0.4 is 4.74 Å². The second kappa shape index (κ2) is 4.85. The SMILES string of the molecule is CCOc1cccc(C2(CC(Cl)(Cl)Cl)CO2)c1. The molecule has 2 rings (SSSR count). The van der Waals surface area contributed by atoms with Crippen LogP contribution in [0.25, 0.3) is 0 Å². The van der Waals surface area contributed by atoms with E-state index in [0.717, 1.165) is 11.3 Å². The summed E-state index contributed by atoms with van der Waals surface area (Å²) in [5.74, 6) is 0.809. The average Bonchev–Trinajstić information content (AvgIpc) is 2.97. The van der Waals surface area contributed by atoms with E-state index in [-0.39, 0.29) is 0 Å². The Morgan fingerprint density at radius 1 is 1.41 bits per heavy atom. The zero-order valence-corrected chi connectivity index (χ0v) is 11.6. The molecule has 1 saturated heterocycles. The highest BCUT2D eigenvalue weighted by Gasteiger charge is 2.51. The molecule has 1 atom stereocenters. The highest BCUT2D eigenvalue weighted by molar-refractivity contribution is 6.67. The van der Waals surface area contributed by atoms with Crippen molar-refractivity contribution in [2.24, 2.45) is 0 Å². The van der Waals surface area contributed by atoms with Gasteiger partial charge in [0.05, 0.1) is 13.2 Å². The van der Waals surface area contributed by atoms with Crippen LogP contribution in [0.4, 0.5) is 0 Å². The molecule has 2 nitrogen and oxygen atoms in total. The van der Waals surface area contributed by atoms with E-state index in [1.165, 1.54) is 0 Å². The normalized spacial score (nSPS) is 23.5. The Balaban J connectivity index is 2.19. The van der Waals surface area contributed by atoms with Gasteiger partial charge in [0, 0.05) is 6.42 Å². The molecule has 1 unspecified atom stereocenters. The molecule has 1 aliphatic heterocycles. The summed E-state index contributed by atoms with van der Waals surface area (Å²) in [6.45, 7) is 3.15. The fourth-order valence-corrected chi connectivity index (χ4v) is 2.47. The minimum atomic E-state index is -1.31. The number of epoxide rings is 1. The van der Waals surface area contributed by atoms with Crippen LogP contribution in [0.1, 0.15) is 18.9 Å². The molecule has 17 heavy (non-hydrogen) atoms. The second-order valence-electron chi connectivity index (χ2n) is 4.04. The lowest BCUT2D eigenvalue weighted by atomic mass is 9.97. The molecular weight excluding hydrogens is 282 g/mol. The van der Waals surface area contributed by atoms with E-state index in [2.05, 4.69) is 0 Å². The average molecular weight is 296 g/mol. The number of ether oxygens (including phenoxy) is 2. The maximum atomic E-state index is 5.83. The molecule has 1 aromatic rings. The largest absolute Gasteiger partial charge is 0.494 e. The van der Waals surface area contributed by atoms with E-state index < -0.39 is 9.39 Å². The number of hydrogen-bond donors (Lipinski definition) is 0. The van der Waals surface area contributed by atoms with Crippen molar-refractivity contribution in [2.45, 2.75) is 22.7 Å². The minimum absolute atomic E-state index is 0.347. The Kier molecular flexibility index (Phi) is 3.79. The van der Waals surface area contributed by atoms with Gasteiger partial charge in [-0.05, 0) is 24.6 Å². The van der Waals surface area contributed by atoms with Gasteiger partial charge in [-0.15, -0.1) is 0 Å². The molecule has 0 aromatic heterocycles. The van der Waals surface area contributed by atoms with Gasteiger partial charge >= 0.3 is 0 Å². The molecule has 1 aliphatic rings. The van der Waals surface area contributed by atoms with Gasteiger partial charge in [-0.1, -0.05) is 46.9 Å². The van der Waals surface area contributed by atoms with Crippen LogP contribution in [-0.2, 0) is 10.3 Å². The summed E-state index contributed by atoms with van der Waals surface area (Å²) >= 11 is 17.5. The summed E-state index contributed by atoms with van der Waals surface area (Å²) in [7, 11) is 0. The minimum Gasteiger partial charge on any atom is -0.494 e. The third kappa shape index (κ3) is 3.41. The third-order valence-electron chi connectivity index (χ3n) is 2.65. The van der Waals surface area contributed by atoms with Crippen molar-refractivity contribution in [3.05, 3.63) is 29.8 Å². The van der Waals surface area contributed by atoms with E-state index in [9.17, 15) is 0 Å². The molecular formula is C12H13Cl3O2. The lowest BCUT2D eigenvalue weighted by Crippen LogP contribution is -2.18. The fraction of sp³-hybridized carbons (Fsp3) is 0.500. The molecule has 1 aromatic carbocycles. The first-order chi connectivity index (χ1) is 7.95. The lowest BCUT2D eigenvalue weighted by molar-refractivity contribution is 0.292. The Labute approximate surface area is 116 Å². The lowest BCUT2D eigenvalue weighted by Gasteiger charge is -2.18. The topological polar surface area (TPSA) is 21.8 Å². The van der Waals surface area contributed by atoms with Gasteiger partial charge < -0.3 is 9.47 Å². The highest BCUT2D eigenvalue weighted by atomic mass is 35.6. The van der Waals surface area contributed by atoms with Gasteiger partial charge in [0.1, 0.15) is 11.4 Å². The van der Waals surface area contributed by atoms with Gasteiger partial charge in [-0.2, -0.15) is 0 Å². The molecule has 1 fully saturated rings. The van der Waals surface area contributed by atoms with Crippen LogP contribution in [0.15, 0.2) is 24.3 Å². The van der Waals surface area contributed by atoms with Gasteiger partial charge in [0.2, 0.25) is 0 Å². The van der Waals surface area contributed by atoms with Crippen LogP contribution in [0.2, 0.25) is 0 Å². The van der Waals surface area contributed by atoms with Crippen molar-refractivity contribution in [3.8, 4) is 5.75 Å². The predicted octanol–water partition coefficient (Wildman–Crippen LogP) is 4.07. The molecule has 0 bridgehead atoms. The molecule has 5 heteroatoms. The molecule has 0 N–H and O–H groups in total. The molecule has 1 heterocycles. The monoisotopic (exact) mass is 294 g/mol. The molecule has 0 radical (unpaired) electrons. The predicted molar refractivity (Wildman–Crippen MR) is 70.1 cm³/mol. The third-order valence-corrected chi connectivity index (χ3v) is 3.05. The Hall–Kier alpha value is -0.150. The zero-order valence-electron chi connectivity index (χ0n) is 9.38. The summed E-state index contributed by atoms with van der Waals surface area (Å²) in [6, 6.07) is 7.72. The number of rotatable bonds is 4. The first-order valence-electron chi connectivity index (χ1n) is 5.39. The molecule has 0 aliphatic carbocycles. The van der Waals surface area contributed by atoms with E-state index in [1.807, 2.05) is 31.2 Å². The second-order valence-corrected chi connectivity index (χ2v) is 6.55. The Bertz CT molecular complexity index is 397. The van der Waals surface area contributed by atoms with E-state index in [0.29, 0.717) is 19.6 Å². The molecule has 0 spiro atoms. The van der Waals surface area contributed by atoms with E-state index in [4.69, 9.17) is 44.3 Å². The maximum absolute atomic E-state index is 5.83. The maximum Gasteiger partial charge on any atom is 0.193 e. The number of hydrogen-bond acceptors (Lipinski definition) is 2. The summed E-state index contributed by atoms with van der Waals surface area (Å²) in [5, 5.41) is 0. The Morgan fingerprint density at radius 3 is 2.65 bits per heavy atom. The quantitative estimate of drug-likeness (QED) is 0.617. The number of benzene rings is 1. The van der Waals surface area contributed by atoms with E-state index in [1.54, 1.807) is 0 Å². The van der Waals surface area contributed by atoms with E-state index >= 15 is 0 Å². The smallest absolute Gasteiger partial charge is 0.193 e. The van der Waals surface area contributed by atoms with Gasteiger partial charge in [-0.25, -0.2) is 0 Å². The van der Waals surface area contributed by atoms with Crippen LogP contribution in [0.3, 0.4) is 0 Å². The van der Waals surface area contributed by atoms with Gasteiger partial charge in [0.25, 0.3) is 0 Å². The zero-order chi connectivity index (χ0) is 12.5. The van der Waals surface area contributed by atoms with Crippen LogP contribution >= 0.6 is 34.8 Å². The first-order valence-corrected chi connectivity index (χ1v) is 6.53. The van der Waals surface area contributed by atoms with Crippen molar-refractivity contribution in [1.29, 1.82) is 0 Å². The molecule has 0 amide bonds. The van der Waals surface area contributed by atoms with Crippen LogP contribution in [-0.4, -0.2) is 17.0 Å². The molecule has 94 valence electrons. The van der Waals surface area contributed by atoms with Crippen LogP contribution in [0.5, 0.6) is 5.75 Å². The summed E-state index contributed by atoms with van der Waals surface area (Å²) in [5.41, 5.74) is 0.535. The van der Waals surface area contributed by atoms with Crippen molar-refractivity contribution >= 4 is 34.8 Å². The van der Waals surface area contributed by atoms with Crippen molar-refractivity contribution in [2.75, 3.05) is 13.2 Å². The number of alkyl halides is 3.